The van der Waals surface area contributed by atoms with Crippen LogP contribution in [0, 0.1) is 0 Å². The Labute approximate surface area is 156 Å². The van der Waals surface area contributed by atoms with Gasteiger partial charge in [-0.1, -0.05) is 123 Å². The Morgan fingerprint density at radius 3 is 1.29 bits per heavy atom. The molecular weight excluding hydrogens is 308 g/mol. The van der Waals surface area contributed by atoms with Gasteiger partial charge < -0.3 is 4.43 Å². The van der Waals surface area contributed by atoms with Gasteiger partial charge in [0.25, 0.3) is 0 Å². The standard InChI is InChI=1S/C22H46OSi/c1-3-5-7-8-9-10-11-12-13-14-15-16-17-18-19-21-23-24-22-20-6-4-2/h3-22H2,1-2H3. The molecule has 0 aliphatic rings. The van der Waals surface area contributed by atoms with Crippen molar-refractivity contribution < 1.29 is 4.43 Å². The van der Waals surface area contributed by atoms with E-state index in [1.165, 1.54) is 122 Å². The average Bonchev–Trinajstić information content (AvgIpc) is 2.60. The zero-order chi connectivity index (χ0) is 17.6. The first kappa shape index (κ1) is 24.2. The van der Waals surface area contributed by atoms with Crippen LogP contribution in [-0.2, 0) is 4.43 Å². The summed E-state index contributed by atoms with van der Waals surface area (Å²) in [5, 5.41) is 0. The van der Waals surface area contributed by atoms with Crippen LogP contribution in [-0.4, -0.2) is 16.4 Å². The molecule has 0 amide bonds. The summed E-state index contributed by atoms with van der Waals surface area (Å²) in [5.41, 5.74) is 0. The van der Waals surface area contributed by atoms with Gasteiger partial charge in [0.05, 0.1) is 0 Å². The van der Waals surface area contributed by atoms with Gasteiger partial charge in [-0.25, -0.2) is 0 Å². The SMILES string of the molecule is CCCCCCCCCCCCCCCCCO[Si]CCCCC. The summed E-state index contributed by atoms with van der Waals surface area (Å²) in [5.74, 6) is 0. The fraction of sp³-hybridized carbons (Fsp3) is 1.00. The van der Waals surface area contributed by atoms with E-state index in [1.54, 1.807) is 0 Å². The van der Waals surface area contributed by atoms with E-state index >= 15 is 0 Å². The molecule has 24 heavy (non-hydrogen) atoms. The fourth-order valence-electron chi connectivity index (χ4n) is 3.14. The molecule has 0 fully saturated rings. The van der Waals surface area contributed by atoms with Crippen LogP contribution in [0.25, 0.3) is 0 Å². The van der Waals surface area contributed by atoms with Crippen LogP contribution in [0.15, 0.2) is 0 Å². The van der Waals surface area contributed by atoms with Gasteiger partial charge in [-0.15, -0.1) is 0 Å². The largest absolute Gasteiger partial charge is 0.417 e. The molecule has 144 valence electrons. The number of hydrogen-bond acceptors (Lipinski definition) is 1. The van der Waals surface area contributed by atoms with E-state index in [1.807, 2.05) is 0 Å². The summed E-state index contributed by atoms with van der Waals surface area (Å²) in [7, 11) is 0.753. The highest BCUT2D eigenvalue weighted by molar-refractivity contribution is 6.26. The van der Waals surface area contributed by atoms with Gasteiger partial charge in [0, 0.05) is 6.61 Å². The van der Waals surface area contributed by atoms with E-state index in [-0.39, 0.29) is 0 Å². The molecule has 0 heterocycles. The average molecular weight is 355 g/mol. The molecule has 0 aromatic carbocycles. The molecule has 0 N–H and O–H groups in total. The predicted molar refractivity (Wildman–Crippen MR) is 111 cm³/mol. The van der Waals surface area contributed by atoms with Gasteiger partial charge in [0.2, 0.25) is 9.76 Å². The Bertz CT molecular complexity index is 186. The molecule has 0 aliphatic carbocycles. The van der Waals surface area contributed by atoms with Crippen molar-refractivity contribution in [2.75, 3.05) is 6.61 Å². The maximum atomic E-state index is 5.72. The molecule has 0 bridgehead atoms. The second-order valence-electron chi connectivity index (χ2n) is 7.40. The van der Waals surface area contributed by atoms with Gasteiger partial charge in [0.1, 0.15) is 0 Å². The first-order chi connectivity index (χ1) is 11.9. The lowest BCUT2D eigenvalue weighted by molar-refractivity contribution is 0.319. The van der Waals surface area contributed by atoms with E-state index in [0.29, 0.717) is 0 Å². The molecule has 0 atom stereocenters. The van der Waals surface area contributed by atoms with Crippen LogP contribution in [0.4, 0.5) is 0 Å². The second kappa shape index (κ2) is 23.2. The summed E-state index contributed by atoms with van der Waals surface area (Å²) in [6.45, 7) is 5.56. The first-order valence-corrected chi connectivity index (χ1v) is 12.4. The van der Waals surface area contributed by atoms with E-state index < -0.39 is 0 Å². The molecule has 0 saturated heterocycles. The third-order valence-corrected chi connectivity index (χ3v) is 5.80. The Morgan fingerprint density at radius 2 is 0.833 bits per heavy atom. The smallest absolute Gasteiger partial charge is 0.229 e. The molecule has 0 aliphatic heterocycles. The molecule has 0 aromatic heterocycles. The minimum atomic E-state index is 0.753. The summed E-state index contributed by atoms with van der Waals surface area (Å²) in [4.78, 5) is 0. The van der Waals surface area contributed by atoms with Crippen LogP contribution in [0.1, 0.15) is 129 Å². The summed E-state index contributed by atoms with van der Waals surface area (Å²) in [6.07, 6.45) is 25.6. The van der Waals surface area contributed by atoms with E-state index in [0.717, 1.165) is 16.4 Å². The van der Waals surface area contributed by atoms with Gasteiger partial charge in [0.15, 0.2) is 0 Å². The molecule has 0 spiro atoms. The molecule has 2 heteroatoms. The Balaban J connectivity index is 2.93. The normalized spacial score (nSPS) is 11.2. The van der Waals surface area contributed by atoms with E-state index in [2.05, 4.69) is 13.8 Å². The van der Waals surface area contributed by atoms with Crippen molar-refractivity contribution in [1.29, 1.82) is 0 Å². The third kappa shape index (κ3) is 22.2. The van der Waals surface area contributed by atoms with E-state index in [4.69, 9.17) is 4.43 Å². The highest BCUT2D eigenvalue weighted by Gasteiger charge is 1.95. The van der Waals surface area contributed by atoms with Crippen LogP contribution in [0.5, 0.6) is 0 Å². The summed E-state index contributed by atoms with van der Waals surface area (Å²) >= 11 is 0. The highest BCUT2D eigenvalue weighted by atomic mass is 28.2. The van der Waals surface area contributed by atoms with Crippen molar-refractivity contribution in [2.45, 2.75) is 135 Å². The Hall–Kier alpha value is 0.177. The Kier molecular flexibility index (Phi) is 23.3. The topological polar surface area (TPSA) is 9.23 Å². The van der Waals surface area contributed by atoms with Crippen molar-refractivity contribution in [3.8, 4) is 0 Å². The van der Waals surface area contributed by atoms with E-state index in [9.17, 15) is 0 Å². The second-order valence-corrected chi connectivity index (χ2v) is 8.48. The van der Waals surface area contributed by atoms with Crippen LogP contribution in [0.2, 0.25) is 6.04 Å². The molecule has 1 nitrogen and oxygen atoms in total. The maximum absolute atomic E-state index is 5.72. The van der Waals surface area contributed by atoms with Gasteiger partial charge in [-0.2, -0.15) is 0 Å². The lowest BCUT2D eigenvalue weighted by Crippen LogP contribution is -2.00. The minimum Gasteiger partial charge on any atom is -0.417 e. The lowest BCUT2D eigenvalue weighted by atomic mass is 10.0. The summed E-state index contributed by atoms with van der Waals surface area (Å²) in [6, 6.07) is 1.28. The van der Waals surface area contributed by atoms with Crippen LogP contribution in [0.3, 0.4) is 0 Å². The zero-order valence-corrected chi connectivity index (χ0v) is 18.1. The molecule has 0 aromatic rings. The fourth-order valence-corrected chi connectivity index (χ4v) is 3.96. The Morgan fingerprint density at radius 1 is 0.458 bits per heavy atom. The van der Waals surface area contributed by atoms with Gasteiger partial charge in [-0.3, -0.25) is 0 Å². The van der Waals surface area contributed by atoms with Crippen molar-refractivity contribution in [1.82, 2.24) is 0 Å². The monoisotopic (exact) mass is 354 g/mol. The predicted octanol–water partition coefficient (Wildman–Crippen LogP) is 8.10. The maximum Gasteiger partial charge on any atom is 0.229 e. The minimum absolute atomic E-state index is 0.753. The lowest BCUT2D eigenvalue weighted by Gasteiger charge is -2.04. The van der Waals surface area contributed by atoms with Crippen molar-refractivity contribution in [3.63, 3.8) is 0 Å². The van der Waals surface area contributed by atoms with Crippen LogP contribution < -0.4 is 0 Å². The van der Waals surface area contributed by atoms with Crippen LogP contribution >= 0.6 is 0 Å². The van der Waals surface area contributed by atoms with Gasteiger partial charge >= 0.3 is 0 Å². The molecule has 0 unspecified atom stereocenters. The number of hydrogen-bond donors (Lipinski definition) is 0. The zero-order valence-electron chi connectivity index (χ0n) is 17.1. The highest BCUT2D eigenvalue weighted by Crippen LogP contribution is 2.13. The third-order valence-electron chi connectivity index (χ3n) is 4.83. The quantitative estimate of drug-likeness (QED) is 0.149. The molecule has 0 saturated carbocycles. The molecule has 0 rings (SSSR count). The van der Waals surface area contributed by atoms with Crippen molar-refractivity contribution in [3.05, 3.63) is 0 Å². The van der Waals surface area contributed by atoms with Crippen molar-refractivity contribution in [2.24, 2.45) is 0 Å². The van der Waals surface area contributed by atoms with Crippen molar-refractivity contribution >= 4 is 9.76 Å². The number of unbranched alkanes of at least 4 members (excludes halogenated alkanes) is 16. The summed E-state index contributed by atoms with van der Waals surface area (Å²) < 4.78 is 5.72. The first-order valence-electron chi connectivity index (χ1n) is 11.3. The molecular formula is C22H46OSi. The van der Waals surface area contributed by atoms with Gasteiger partial charge in [-0.05, 0) is 12.5 Å². The number of rotatable bonds is 21. The molecule has 2 radical (unpaired) electrons.